The standard InChI is InChI=1S/C17H23F2N3O2/c1-2-8-21-9-3-10-22(12-15(21)23)17(24)20-11-13-4-6-14(7-5-13)16(18)19/h4-7,16H,2-3,8-12H2,1H3,(H,20,24). The summed E-state index contributed by atoms with van der Waals surface area (Å²) in [4.78, 5) is 27.7. The number of benzene rings is 1. The van der Waals surface area contributed by atoms with Gasteiger partial charge in [0.25, 0.3) is 6.43 Å². The van der Waals surface area contributed by atoms with Gasteiger partial charge >= 0.3 is 6.03 Å². The number of carbonyl (C=O) groups is 2. The predicted octanol–water partition coefficient (Wildman–Crippen LogP) is 2.78. The molecule has 7 heteroatoms. The number of rotatable bonds is 5. The van der Waals surface area contributed by atoms with Crippen molar-refractivity contribution in [1.29, 1.82) is 0 Å². The third-order valence-corrected chi connectivity index (χ3v) is 3.99. The lowest BCUT2D eigenvalue weighted by Crippen LogP contribution is -2.44. The minimum absolute atomic E-state index is 0.0363. The summed E-state index contributed by atoms with van der Waals surface area (Å²) in [6.07, 6.45) is -0.850. The largest absolute Gasteiger partial charge is 0.341 e. The molecule has 1 saturated heterocycles. The van der Waals surface area contributed by atoms with E-state index in [2.05, 4.69) is 5.32 Å². The summed E-state index contributed by atoms with van der Waals surface area (Å²) in [6.45, 7) is 4.25. The van der Waals surface area contributed by atoms with Crippen LogP contribution in [0.25, 0.3) is 0 Å². The molecule has 1 heterocycles. The van der Waals surface area contributed by atoms with Gasteiger partial charge in [0, 0.05) is 31.7 Å². The average molecular weight is 339 g/mol. The number of hydrogen-bond acceptors (Lipinski definition) is 2. The smallest absolute Gasteiger partial charge is 0.318 e. The summed E-state index contributed by atoms with van der Waals surface area (Å²) in [5, 5.41) is 2.74. The Hall–Kier alpha value is -2.18. The molecular formula is C17H23F2N3O2. The Balaban J connectivity index is 1.86. The molecule has 0 aliphatic carbocycles. The van der Waals surface area contributed by atoms with Gasteiger partial charge in [-0.1, -0.05) is 31.2 Å². The Morgan fingerprint density at radius 1 is 1.25 bits per heavy atom. The van der Waals surface area contributed by atoms with Crippen molar-refractivity contribution in [3.8, 4) is 0 Å². The molecule has 1 aliphatic rings. The maximum atomic E-state index is 12.5. The Morgan fingerprint density at radius 2 is 1.96 bits per heavy atom. The lowest BCUT2D eigenvalue weighted by molar-refractivity contribution is -0.130. The predicted molar refractivity (Wildman–Crippen MR) is 86.7 cm³/mol. The highest BCUT2D eigenvalue weighted by Crippen LogP contribution is 2.18. The number of amides is 3. The van der Waals surface area contributed by atoms with E-state index in [0.717, 1.165) is 18.4 Å². The highest BCUT2D eigenvalue weighted by atomic mass is 19.3. The van der Waals surface area contributed by atoms with Crippen LogP contribution in [0.2, 0.25) is 0 Å². The van der Waals surface area contributed by atoms with Crippen molar-refractivity contribution in [2.45, 2.75) is 32.7 Å². The van der Waals surface area contributed by atoms with E-state index in [0.29, 0.717) is 19.6 Å². The summed E-state index contributed by atoms with van der Waals surface area (Å²) in [6, 6.07) is 5.53. The van der Waals surface area contributed by atoms with Gasteiger partial charge in [0.05, 0.1) is 0 Å². The molecule has 2 rings (SSSR count). The van der Waals surface area contributed by atoms with Crippen LogP contribution in [0.4, 0.5) is 13.6 Å². The van der Waals surface area contributed by atoms with Gasteiger partial charge in [0.1, 0.15) is 6.54 Å². The van der Waals surface area contributed by atoms with E-state index in [1.807, 2.05) is 6.92 Å². The molecule has 0 atom stereocenters. The second-order valence-electron chi connectivity index (χ2n) is 5.86. The Labute approximate surface area is 140 Å². The molecule has 1 fully saturated rings. The second-order valence-corrected chi connectivity index (χ2v) is 5.86. The SMILES string of the molecule is CCCN1CCCN(C(=O)NCc2ccc(C(F)F)cc2)CC1=O. The topological polar surface area (TPSA) is 52.6 Å². The number of nitrogens with one attached hydrogen (secondary N) is 1. The number of urea groups is 1. The highest BCUT2D eigenvalue weighted by molar-refractivity contribution is 5.84. The first-order chi connectivity index (χ1) is 11.5. The van der Waals surface area contributed by atoms with Crippen molar-refractivity contribution in [1.82, 2.24) is 15.1 Å². The van der Waals surface area contributed by atoms with E-state index in [-0.39, 0.29) is 30.6 Å². The van der Waals surface area contributed by atoms with Crippen molar-refractivity contribution < 1.29 is 18.4 Å². The van der Waals surface area contributed by atoms with Crippen LogP contribution in [0.15, 0.2) is 24.3 Å². The molecule has 3 amide bonds. The molecule has 24 heavy (non-hydrogen) atoms. The third kappa shape index (κ3) is 4.91. The third-order valence-electron chi connectivity index (χ3n) is 3.99. The Kier molecular flexibility index (Phi) is 6.52. The fourth-order valence-electron chi connectivity index (χ4n) is 2.67. The molecule has 0 bridgehead atoms. The van der Waals surface area contributed by atoms with E-state index < -0.39 is 6.43 Å². The lowest BCUT2D eigenvalue weighted by Gasteiger charge is -2.21. The van der Waals surface area contributed by atoms with Gasteiger partial charge in [-0.25, -0.2) is 13.6 Å². The zero-order valence-electron chi connectivity index (χ0n) is 13.8. The van der Waals surface area contributed by atoms with Crippen molar-refractivity contribution in [3.05, 3.63) is 35.4 Å². The monoisotopic (exact) mass is 339 g/mol. The van der Waals surface area contributed by atoms with E-state index in [1.165, 1.54) is 17.0 Å². The number of carbonyl (C=O) groups excluding carboxylic acids is 2. The minimum Gasteiger partial charge on any atom is -0.341 e. The van der Waals surface area contributed by atoms with Crippen molar-refractivity contribution in [3.63, 3.8) is 0 Å². The molecule has 1 N–H and O–H groups in total. The van der Waals surface area contributed by atoms with E-state index in [9.17, 15) is 18.4 Å². The molecule has 0 unspecified atom stereocenters. The summed E-state index contributed by atoms with van der Waals surface area (Å²) in [5.74, 6) is -0.0363. The van der Waals surface area contributed by atoms with E-state index >= 15 is 0 Å². The van der Waals surface area contributed by atoms with Gasteiger partial charge in [-0.2, -0.15) is 0 Å². The number of alkyl halides is 2. The lowest BCUT2D eigenvalue weighted by atomic mass is 10.1. The average Bonchev–Trinajstić information content (AvgIpc) is 2.75. The van der Waals surface area contributed by atoms with E-state index in [4.69, 9.17) is 0 Å². The summed E-state index contributed by atoms with van der Waals surface area (Å²) >= 11 is 0. The van der Waals surface area contributed by atoms with Crippen molar-refractivity contribution in [2.24, 2.45) is 0 Å². The Morgan fingerprint density at radius 3 is 2.58 bits per heavy atom. The molecule has 1 aromatic rings. The van der Waals surface area contributed by atoms with Crippen molar-refractivity contribution in [2.75, 3.05) is 26.2 Å². The molecule has 0 radical (unpaired) electrons. The van der Waals surface area contributed by atoms with Crippen LogP contribution in [-0.4, -0.2) is 47.9 Å². The molecule has 132 valence electrons. The second kappa shape index (κ2) is 8.61. The molecule has 0 saturated carbocycles. The molecule has 5 nitrogen and oxygen atoms in total. The number of hydrogen-bond donors (Lipinski definition) is 1. The minimum atomic E-state index is -2.50. The summed E-state index contributed by atoms with van der Waals surface area (Å²) < 4.78 is 25.0. The molecule has 0 spiro atoms. The quantitative estimate of drug-likeness (QED) is 0.897. The van der Waals surface area contributed by atoms with Crippen LogP contribution in [0.3, 0.4) is 0 Å². The zero-order chi connectivity index (χ0) is 17.5. The highest BCUT2D eigenvalue weighted by Gasteiger charge is 2.24. The van der Waals surface area contributed by atoms with Gasteiger partial charge < -0.3 is 15.1 Å². The van der Waals surface area contributed by atoms with Crippen LogP contribution in [0, 0.1) is 0 Å². The summed E-state index contributed by atoms with van der Waals surface area (Å²) in [5.41, 5.74) is 0.695. The normalized spacial score (nSPS) is 15.6. The first-order valence-corrected chi connectivity index (χ1v) is 8.18. The first-order valence-electron chi connectivity index (χ1n) is 8.18. The molecule has 1 aromatic carbocycles. The summed E-state index contributed by atoms with van der Waals surface area (Å²) in [7, 11) is 0. The number of halogens is 2. The molecular weight excluding hydrogens is 316 g/mol. The fourth-order valence-corrected chi connectivity index (χ4v) is 2.67. The van der Waals surface area contributed by atoms with Crippen LogP contribution < -0.4 is 5.32 Å². The fraction of sp³-hybridized carbons (Fsp3) is 0.529. The Bertz CT molecular complexity index is 563. The van der Waals surface area contributed by atoms with Crippen LogP contribution in [0.1, 0.15) is 37.3 Å². The van der Waals surface area contributed by atoms with Crippen molar-refractivity contribution >= 4 is 11.9 Å². The van der Waals surface area contributed by atoms with Gasteiger partial charge in [-0.15, -0.1) is 0 Å². The van der Waals surface area contributed by atoms with Gasteiger partial charge in [-0.3, -0.25) is 4.79 Å². The van der Waals surface area contributed by atoms with Crippen LogP contribution >= 0.6 is 0 Å². The van der Waals surface area contributed by atoms with Gasteiger partial charge in [-0.05, 0) is 18.4 Å². The van der Waals surface area contributed by atoms with Crippen LogP contribution in [0.5, 0.6) is 0 Å². The maximum absolute atomic E-state index is 12.5. The number of nitrogens with zero attached hydrogens (tertiary/aromatic N) is 2. The van der Waals surface area contributed by atoms with Gasteiger partial charge in [0.15, 0.2) is 0 Å². The van der Waals surface area contributed by atoms with Gasteiger partial charge in [0.2, 0.25) is 5.91 Å². The van der Waals surface area contributed by atoms with Crippen LogP contribution in [-0.2, 0) is 11.3 Å². The molecule has 1 aliphatic heterocycles. The maximum Gasteiger partial charge on any atom is 0.318 e. The zero-order valence-corrected chi connectivity index (χ0v) is 13.8. The molecule has 0 aromatic heterocycles. The first kappa shape index (κ1) is 18.2. The van der Waals surface area contributed by atoms with E-state index in [1.54, 1.807) is 17.0 Å².